The van der Waals surface area contributed by atoms with Crippen molar-refractivity contribution in [1.82, 2.24) is 10.9 Å². The molecule has 2 N–H and O–H groups in total. The van der Waals surface area contributed by atoms with Gasteiger partial charge in [0.15, 0.2) is 6.10 Å². The molecule has 6 heteroatoms. The zero-order chi connectivity index (χ0) is 19.6. The second kappa shape index (κ2) is 10.2. The van der Waals surface area contributed by atoms with E-state index in [0.717, 1.165) is 6.42 Å². The molecule has 2 amide bonds. The third kappa shape index (κ3) is 7.01. The van der Waals surface area contributed by atoms with Crippen molar-refractivity contribution in [2.75, 3.05) is 6.61 Å². The van der Waals surface area contributed by atoms with Gasteiger partial charge in [0.1, 0.15) is 11.5 Å². The van der Waals surface area contributed by atoms with Crippen LogP contribution in [0.2, 0.25) is 0 Å². The van der Waals surface area contributed by atoms with Gasteiger partial charge in [-0.3, -0.25) is 20.4 Å². The lowest BCUT2D eigenvalue weighted by Gasteiger charge is -2.15. The van der Waals surface area contributed by atoms with E-state index in [2.05, 4.69) is 24.7 Å². The average molecular weight is 370 g/mol. The first-order valence-electron chi connectivity index (χ1n) is 9.00. The quantitative estimate of drug-likeness (QED) is 0.699. The Labute approximate surface area is 159 Å². The molecule has 0 aromatic heterocycles. The maximum Gasteiger partial charge on any atom is 0.279 e. The van der Waals surface area contributed by atoms with Crippen molar-refractivity contribution in [1.29, 1.82) is 0 Å². The first-order valence-corrected chi connectivity index (χ1v) is 9.00. The van der Waals surface area contributed by atoms with Crippen LogP contribution in [0.25, 0.3) is 0 Å². The topological polar surface area (TPSA) is 76.7 Å². The summed E-state index contributed by atoms with van der Waals surface area (Å²) in [5.74, 6) is 1.01. The molecule has 0 spiro atoms. The van der Waals surface area contributed by atoms with E-state index in [9.17, 15) is 9.59 Å². The highest BCUT2D eigenvalue weighted by atomic mass is 16.5. The molecule has 0 radical (unpaired) electrons. The number of carbonyl (C=O) groups excluding carboxylic acids is 2. The maximum absolute atomic E-state index is 12.1. The molecule has 6 nitrogen and oxygen atoms in total. The maximum atomic E-state index is 12.1. The van der Waals surface area contributed by atoms with Crippen molar-refractivity contribution in [3.05, 3.63) is 60.2 Å². The Kier molecular flexibility index (Phi) is 7.67. The van der Waals surface area contributed by atoms with Crippen molar-refractivity contribution >= 4 is 11.8 Å². The van der Waals surface area contributed by atoms with Gasteiger partial charge in [0.05, 0.1) is 6.61 Å². The highest BCUT2D eigenvalue weighted by Gasteiger charge is 2.15. The fraction of sp³-hybridized carbons (Fsp3) is 0.333. The smallest absolute Gasteiger partial charge is 0.279 e. The van der Waals surface area contributed by atoms with Crippen molar-refractivity contribution < 1.29 is 19.1 Å². The van der Waals surface area contributed by atoms with Crippen LogP contribution in [0.4, 0.5) is 0 Å². The Hall–Kier alpha value is -3.02. The second-order valence-corrected chi connectivity index (χ2v) is 6.57. The highest BCUT2D eigenvalue weighted by Crippen LogP contribution is 2.13. The van der Waals surface area contributed by atoms with E-state index in [1.807, 2.05) is 18.2 Å². The number of para-hydroxylation sites is 1. The summed E-state index contributed by atoms with van der Waals surface area (Å²) in [5, 5.41) is 0. The summed E-state index contributed by atoms with van der Waals surface area (Å²) in [6.45, 7) is 6.52. The number of benzene rings is 2. The molecule has 27 heavy (non-hydrogen) atoms. The summed E-state index contributed by atoms with van der Waals surface area (Å²) in [7, 11) is 0. The van der Waals surface area contributed by atoms with E-state index in [-0.39, 0.29) is 0 Å². The van der Waals surface area contributed by atoms with Crippen molar-refractivity contribution in [3.8, 4) is 11.5 Å². The summed E-state index contributed by atoms with van der Waals surface area (Å²) in [4.78, 5) is 24.2. The van der Waals surface area contributed by atoms with Crippen molar-refractivity contribution in [2.45, 2.75) is 33.3 Å². The van der Waals surface area contributed by atoms with Gasteiger partial charge in [-0.15, -0.1) is 0 Å². The Morgan fingerprint density at radius 2 is 1.56 bits per heavy atom. The molecule has 2 rings (SSSR count). The van der Waals surface area contributed by atoms with Crippen LogP contribution in [0.3, 0.4) is 0 Å². The molecule has 0 fully saturated rings. The number of hydrogen-bond donors (Lipinski definition) is 2. The number of hydrogen-bond acceptors (Lipinski definition) is 4. The number of rotatable bonds is 8. The third-order valence-corrected chi connectivity index (χ3v) is 3.80. The van der Waals surface area contributed by atoms with Crippen LogP contribution in [0, 0.1) is 5.92 Å². The van der Waals surface area contributed by atoms with Crippen LogP contribution >= 0.6 is 0 Å². The minimum atomic E-state index is -0.746. The summed E-state index contributed by atoms with van der Waals surface area (Å²) >= 11 is 0. The fourth-order valence-electron chi connectivity index (χ4n) is 2.16. The fourth-order valence-corrected chi connectivity index (χ4v) is 2.16. The van der Waals surface area contributed by atoms with Gasteiger partial charge in [-0.05, 0) is 55.7 Å². The van der Waals surface area contributed by atoms with E-state index in [0.29, 0.717) is 29.6 Å². The first-order chi connectivity index (χ1) is 13.0. The monoisotopic (exact) mass is 370 g/mol. The minimum absolute atomic E-state index is 0.413. The van der Waals surface area contributed by atoms with Crippen molar-refractivity contribution in [3.63, 3.8) is 0 Å². The number of ether oxygens (including phenoxy) is 2. The molecule has 0 aliphatic carbocycles. The lowest BCUT2D eigenvalue weighted by Crippen LogP contribution is -2.47. The summed E-state index contributed by atoms with van der Waals surface area (Å²) in [6, 6.07) is 15.8. The number of carbonyl (C=O) groups is 2. The molecule has 1 unspecified atom stereocenters. The van der Waals surface area contributed by atoms with Gasteiger partial charge in [0, 0.05) is 5.56 Å². The zero-order valence-electron chi connectivity index (χ0n) is 15.9. The standard InChI is InChI=1S/C21H26N2O4/c1-15(2)13-14-26-18-11-9-17(10-12-18)21(25)23-22-20(24)16(3)27-19-7-5-4-6-8-19/h4-12,15-16H,13-14H2,1-3H3,(H,22,24)(H,23,25). The van der Waals surface area contributed by atoms with Gasteiger partial charge >= 0.3 is 0 Å². The van der Waals surface area contributed by atoms with Gasteiger partial charge in [-0.2, -0.15) is 0 Å². The average Bonchev–Trinajstić information content (AvgIpc) is 2.67. The van der Waals surface area contributed by atoms with Crippen LogP contribution in [-0.4, -0.2) is 24.5 Å². The third-order valence-electron chi connectivity index (χ3n) is 3.80. The summed E-state index contributed by atoms with van der Waals surface area (Å²) in [5.41, 5.74) is 5.17. The molecule has 0 aliphatic rings. The van der Waals surface area contributed by atoms with E-state index in [1.54, 1.807) is 43.3 Å². The van der Waals surface area contributed by atoms with Gasteiger partial charge < -0.3 is 9.47 Å². The Morgan fingerprint density at radius 1 is 0.889 bits per heavy atom. The lowest BCUT2D eigenvalue weighted by atomic mass is 10.1. The molecule has 2 aromatic carbocycles. The summed E-state index contributed by atoms with van der Waals surface area (Å²) < 4.78 is 11.1. The van der Waals surface area contributed by atoms with Gasteiger partial charge in [-0.1, -0.05) is 32.0 Å². The SMILES string of the molecule is CC(C)CCOc1ccc(C(=O)NNC(=O)C(C)Oc2ccccc2)cc1. The minimum Gasteiger partial charge on any atom is -0.494 e. The number of hydrazine groups is 1. The molecule has 1 atom stereocenters. The van der Waals surface area contributed by atoms with Crippen LogP contribution in [-0.2, 0) is 4.79 Å². The predicted octanol–water partition coefficient (Wildman–Crippen LogP) is 3.34. The molecular formula is C21H26N2O4. The molecule has 0 bridgehead atoms. The predicted molar refractivity (Wildman–Crippen MR) is 104 cm³/mol. The molecule has 144 valence electrons. The van der Waals surface area contributed by atoms with Crippen LogP contribution in [0.15, 0.2) is 54.6 Å². The molecule has 0 saturated heterocycles. The summed E-state index contributed by atoms with van der Waals surface area (Å²) in [6.07, 6.45) is 0.224. The molecular weight excluding hydrogens is 344 g/mol. The van der Waals surface area contributed by atoms with Crippen LogP contribution in [0.5, 0.6) is 11.5 Å². The first kappa shape index (κ1) is 20.3. The van der Waals surface area contributed by atoms with Gasteiger partial charge in [0.2, 0.25) is 0 Å². The lowest BCUT2D eigenvalue weighted by molar-refractivity contribution is -0.128. The Morgan fingerprint density at radius 3 is 2.19 bits per heavy atom. The zero-order valence-corrected chi connectivity index (χ0v) is 15.9. The molecule has 2 aromatic rings. The Bertz CT molecular complexity index is 730. The van der Waals surface area contributed by atoms with Crippen LogP contribution in [0.1, 0.15) is 37.6 Å². The Balaban J connectivity index is 1.78. The van der Waals surface area contributed by atoms with E-state index < -0.39 is 17.9 Å². The number of amides is 2. The normalized spacial score (nSPS) is 11.6. The molecule has 0 saturated carbocycles. The van der Waals surface area contributed by atoms with Gasteiger partial charge in [-0.25, -0.2) is 0 Å². The van der Waals surface area contributed by atoms with E-state index in [4.69, 9.17) is 9.47 Å². The number of nitrogens with one attached hydrogen (secondary N) is 2. The molecule has 0 heterocycles. The largest absolute Gasteiger partial charge is 0.494 e. The highest BCUT2D eigenvalue weighted by molar-refractivity contribution is 5.95. The van der Waals surface area contributed by atoms with Gasteiger partial charge in [0.25, 0.3) is 11.8 Å². The second-order valence-electron chi connectivity index (χ2n) is 6.57. The van der Waals surface area contributed by atoms with Crippen molar-refractivity contribution in [2.24, 2.45) is 5.92 Å². The molecule has 0 aliphatic heterocycles. The van der Waals surface area contributed by atoms with Crippen LogP contribution < -0.4 is 20.3 Å². The van der Waals surface area contributed by atoms with E-state index in [1.165, 1.54) is 0 Å². The van der Waals surface area contributed by atoms with E-state index >= 15 is 0 Å².